The molecule has 0 unspecified atom stereocenters. The molecular weight excluding hydrogens is 326 g/mol. The van der Waals surface area contributed by atoms with Gasteiger partial charge in [-0.1, -0.05) is 38.1 Å². The van der Waals surface area contributed by atoms with Gasteiger partial charge in [-0.15, -0.1) is 0 Å². The summed E-state index contributed by atoms with van der Waals surface area (Å²) < 4.78 is 4.77. The first-order chi connectivity index (χ1) is 11.4. The van der Waals surface area contributed by atoms with E-state index in [2.05, 4.69) is 15.3 Å². The Morgan fingerprint density at radius 1 is 1.42 bits per heavy atom. The van der Waals surface area contributed by atoms with Gasteiger partial charge in [0.15, 0.2) is 5.16 Å². The van der Waals surface area contributed by atoms with Crippen LogP contribution in [0.3, 0.4) is 0 Å². The SMILES string of the molecule is CC[C@@H](C)[C@H](NC(=O)CSc1nc2ccc(C)cc2[nH]1)C(=O)OC. The number of methoxy groups -OCH3 is 1. The van der Waals surface area contributed by atoms with E-state index in [1.54, 1.807) is 0 Å². The number of carbonyl (C=O) groups excluding carboxylic acids is 2. The first kappa shape index (κ1) is 18.3. The third-order valence-electron chi connectivity index (χ3n) is 3.94. The largest absolute Gasteiger partial charge is 0.467 e. The number of esters is 1. The van der Waals surface area contributed by atoms with E-state index in [1.807, 2.05) is 39.0 Å². The first-order valence-corrected chi connectivity index (χ1v) is 8.89. The smallest absolute Gasteiger partial charge is 0.328 e. The predicted octanol–water partition coefficient (Wildman–Crippen LogP) is 2.67. The molecule has 6 nitrogen and oxygen atoms in total. The lowest BCUT2D eigenvalue weighted by atomic mass is 9.99. The van der Waals surface area contributed by atoms with Crippen molar-refractivity contribution in [2.45, 2.75) is 38.4 Å². The third kappa shape index (κ3) is 4.50. The lowest BCUT2D eigenvalue weighted by Crippen LogP contribution is -2.46. The van der Waals surface area contributed by atoms with Crippen LogP contribution in [-0.4, -0.2) is 40.7 Å². The van der Waals surface area contributed by atoms with Crippen molar-refractivity contribution >= 4 is 34.7 Å². The average molecular weight is 349 g/mol. The van der Waals surface area contributed by atoms with E-state index in [-0.39, 0.29) is 17.6 Å². The van der Waals surface area contributed by atoms with Crippen molar-refractivity contribution in [2.75, 3.05) is 12.9 Å². The quantitative estimate of drug-likeness (QED) is 0.593. The highest BCUT2D eigenvalue weighted by atomic mass is 32.2. The lowest BCUT2D eigenvalue weighted by molar-refractivity contribution is -0.146. The van der Waals surface area contributed by atoms with Gasteiger partial charge in [0.05, 0.1) is 23.9 Å². The summed E-state index contributed by atoms with van der Waals surface area (Å²) in [6.07, 6.45) is 0.774. The molecule has 0 radical (unpaired) electrons. The number of nitrogens with zero attached hydrogens (tertiary/aromatic N) is 1. The second kappa shape index (κ2) is 8.19. The molecule has 0 aliphatic heterocycles. The normalized spacial score (nSPS) is 13.5. The van der Waals surface area contributed by atoms with Gasteiger partial charge in [-0.2, -0.15) is 0 Å². The summed E-state index contributed by atoms with van der Waals surface area (Å²) in [5.41, 5.74) is 2.97. The molecular formula is C17H23N3O3S. The molecule has 1 aromatic heterocycles. The van der Waals surface area contributed by atoms with Gasteiger partial charge in [-0.25, -0.2) is 9.78 Å². The Morgan fingerprint density at radius 2 is 2.17 bits per heavy atom. The van der Waals surface area contributed by atoms with Crippen molar-refractivity contribution < 1.29 is 14.3 Å². The van der Waals surface area contributed by atoms with Crippen molar-refractivity contribution in [3.8, 4) is 0 Å². The van der Waals surface area contributed by atoms with Crippen LogP contribution in [-0.2, 0) is 14.3 Å². The van der Waals surface area contributed by atoms with Gasteiger partial charge in [0.2, 0.25) is 5.91 Å². The van der Waals surface area contributed by atoms with Crippen molar-refractivity contribution in [2.24, 2.45) is 5.92 Å². The van der Waals surface area contributed by atoms with E-state index in [1.165, 1.54) is 18.9 Å². The van der Waals surface area contributed by atoms with Crippen LogP contribution in [0.2, 0.25) is 0 Å². The number of hydrogen-bond donors (Lipinski definition) is 2. The first-order valence-electron chi connectivity index (χ1n) is 7.91. The Morgan fingerprint density at radius 3 is 2.83 bits per heavy atom. The minimum absolute atomic E-state index is 0.0144. The number of rotatable bonds is 7. The molecule has 2 atom stereocenters. The molecule has 2 aromatic rings. The van der Waals surface area contributed by atoms with Crippen LogP contribution in [0, 0.1) is 12.8 Å². The summed E-state index contributed by atoms with van der Waals surface area (Å²) >= 11 is 1.31. The monoisotopic (exact) mass is 349 g/mol. The highest BCUT2D eigenvalue weighted by Gasteiger charge is 2.26. The summed E-state index contributed by atoms with van der Waals surface area (Å²) in [6.45, 7) is 5.90. The van der Waals surface area contributed by atoms with E-state index in [0.717, 1.165) is 23.0 Å². The number of aromatic amines is 1. The Kier molecular flexibility index (Phi) is 6.25. The number of carbonyl (C=O) groups is 2. The van der Waals surface area contributed by atoms with Crippen LogP contribution in [0.5, 0.6) is 0 Å². The standard InChI is InChI=1S/C17H23N3O3S/c1-5-11(3)15(16(22)23-4)20-14(21)9-24-17-18-12-7-6-10(2)8-13(12)19-17/h6-8,11,15H,5,9H2,1-4H3,(H,18,19)(H,20,21)/t11-,15+/m1/s1. The van der Waals surface area contributed by atoms with Gasteiger partial charge in [0.25, 0.3) is 0 Å². The van der Waals surface area contributed by atoms with Gasteiger partial charge in [0.1, 0.15) is 6.04 Å². The van der Waals surface area contributed by atoms with Crippen LogP contribution in [0.15, 0.2) is 23.4 Å². The number of imidazole rings is 1. The van der Waals surface area contributed by atoms with Crippen LogP contribution in [0.1, 0.15) is 25.8 Å². The van der Waals surface area contributed by atoms with Gasteiger partial charge in [0, 0.05) is 0 Å². The molecule has 24 heavy (non-hydrogen) atoms. The molecule has 0 aliphatic rings. The maximum absolute atomic E-state index is 12.2. The van der Waals surface area contributed by atoms with E-state index in [9.17, 15) is 9.59 Å². The Bertz CT molecular complexity index is 729. The molecule has 0 saturated carbocycles. The fourth-order valence-corrected chi connectivity index (χ4v) is 3.01. The van der Waals surface area contributed by atoms with Gasteiger partial charge in [-0.05, 0) is 30.5 Å². The summed E-state index contributed by atoms with van der Waals surface area (Å²) in [5.74, 6) is -0.433. The molecule has 2 N–H and O–H groups in total. The number of hydrogen-bond acceptors (Lipinski definition) is 5. The number of ether oxygens (including phenoxy) is 1. The number of H-pyrrole nitrogens is 1. The molecule has 1 heterocycles. The molecule has 0 saturated heterocycles. The number of benzene rings is 1. The minimum Gasteiger partial charge on any atom is -0.467 e. The molecule has 1 aromatic carbocycles. The summed E-state index contributed by atoms with van der Waals surface area (Å²) in [7, 11) is 1.33. The second-order valence-electron chi connectivity index (χ2n) is 5.81. The molecule has 2 rings (SSSR count). The second-order valence-corrected chi connectivity index (χ2v) is 6.77. The van der Waals surface area contributed by atoms with Gasteiger partial charge in [-0.3, -0.25) is 4.79 Å². The summed E-state index contributed by atoms with van der Waals surface area (Å²) in [5, 5.41) is 3.44. The maximum Gasteiger partial charge on any atom is 0.328 e. The molecule has 0 aliphatic carbocycles. The predicted molar refractivity (Wildman–Crippen MR) is 95.0 cm³/mol. The summed E-state index contributed by atoms with van der Waals surface area (Å²) in [6, 6.07) is 5.34. The van der Waals surface area contributed by atoms with E-state index in [4.69, 9.17) is 4.74 Å². The maximum atomic E-state index is 12.2. The minimum atomic E-state index is -0.619. The molecule has 0 fully saturated rings. The number of thioether (sulfide) groups is 1. The number of aryl methyl sites for hydroxylation is 1. The number of nitrogens with one attached hydrogen (secondary N) is 2. The van der Waals surface area contributed by atoms with Crippen molar-refractivity contribution in [1.82, 2.24) is 15.3 Å². The van der Waals surface area contributed by atoms with Crippen LogP contribution < -0.4 is 5.32 Å². The highest BCUT2D eigenvalue weighted by Crippen LogP contribution is 2.20. The van der Waals surface area contributed by atoms with Crippen LogP contribution >= 0.6 is 11.8 Å². The average Bonchev–Trinajstić information content (AvgIpc) is 2.98. The molecule has 130 valence electrons. The van der Waals surface area contributed by atoms with E-state index < -0.39 is 12.0 Å². The van der Waals surface area contributed by atoms with Crippen molar-refractivity contribution in [3.05, 3.63) is 23.8 Å². The van der Waals surface area contributed by atoms with Gasteiger partial charge >= 0.3 is 5.97 Å². The van der Waals surface area contributed by atoms with E-state index >= 15 is 0 Å². The molecule has 7 heteroatoms. The zero-order valence-electron chi connectivity index (χ0n) is 14.4. The molecule has 0 bridgehead atoms. The van der Waals surface area contributed by atoms with Crippen molar-refractivity contribution in [3.63, 3.8) is 0 Å². The Hall–Kier alpha value is -2.02. The molecule has 0 spiro atoms. The zero-order chi connectivity index (χ0) is 17.7. The lowest BCUT2D eigenvalue weighted by Gasteiger charge is -2.21. The Balaban J connectivity index is 1.96. The summed E-state index contributed by atoms with van der Waals surface area (Å²) in [4.78, 5) is 31.6. The number of fused-ring (bicyclic) bond motifs is 1. The Labute approximate surface area is 145 Å². The fourth-order valence-electron chi connectivity index (χ4n) is 2.31. The number of aromatic nitrogens is 2. The molecule has 1 amide bonds. The zero-order valence-corrected chi connectivity index (χ0v) is 15.2. The third-order valence-corrected chi connectivity index (χ3v) is 4.81. The van der Waals surface area contributed by atoms with Gasteiger partial charge < -0.3 is 15.0 Å². The highest BCUT2D eigenvalue weighted by molar-refractivity contribution is 7.99. The fraction of sp³-hybridized carbons (Fsp3) is 0.471. The van der Waals surface area contributed by atoms with Crippen molar-refractivity contribution in [1.29, 1.82) is 0 Å². The van der Waals surface area contributed by atoms with E-state index in [0.29, 0.717) is 5.16 Å². The van der Waals surface area contributed by atoms with Crippen LogP contribution in [0.25, 0.3) is 11.0 Å². The van der Waals surface area contributed by atoms with Crippen LogP contribution in [0.4, 0.5) is 0 Å². The number of amides is 1. The topological polar surface area (TPSA) is 84.1 Å².